The standard InChI is InChI=1S/C17H12N6O.C6H12O/c18-17-16-12(13(8-19-17)11-6-20-21-7-11)4-15(24-16)9-1-2-14-10(3-9)5-22-23-14;7-6-4-2-1-3-5-6/h1-8H,(H2,18,19)(H,20,21)(H,22,23);6-7H,1-5H2. The van der Waals surface area contributed by atoms with Crippen LogP contribution in [0.4, 0.5) is 5.82 Å². The van der Waals surface area contributed by atoms with Crippen LogP contribution in [0, 0.1) is 0 Å². The molecule has 8 heteroatoms. The molecule has 0 saturated heterocycles. The Labute approximate surface area is 178 Å². The summed E-state index contributed by atoms with van der Waals surface area (Å²) in [4.78, 5) is 4.24. The van der Waals surface area contributed by atoms with Crippen molar-refractivity contribution in [3.63, 3.8) is 0 Å². The van der Waals surface area contributed by atoms with Crippen LogP contribution in [0.3, 0.4) is 0 Å². The maximum absolute atomic E-state index is 8.91. The normalized spacial score (nSPS) is 14.6. The summed E-state index contributed by atoms with van der Waals surface area (Å²) in [7, 11) is 0. The molecule has 1 aromatic carbocycles. The SMILES string of the molecule is Nc1ncc(-c2cn[nH]c2)c2cc(-c3ccc4[nH]ncc4c3)oc12.OC1CCCCC1. The number of nitrogens with one attached hydrogen (secondary N) is 2. The smallest absolute Gasteiger partial charge is 0.177 e. The minimum atomic E-state index is 0.0359. The summed E-state index contributed by atoms with van der Waals surface area (Å²) in [6.07, 6.45) is 13.0. The molecular weight excluding hydrogens is 392 g/mol. The number of hydrogen-bond donors (Lipinski definition) is 4. The van der Waals surface area contributed by atoms with Crippen LogP contribution in [0.25, 0.3) is 44.3 Å². The molecule has 1 aliphatic rings. The lowest BCUT2D eigenvalue weighted by Crippen LogP contribution is -2.09. The van der Waals surface area contributed by atoms with Crippen LogP contribution < -0.4 is 5.73 Å². The number of nitrogens with two attached hydrogens (primary N) is 1. The van der Waals surface area contributed by atoms with E-state index in [2.05, 4.69) is 25.4 Å². The molecule has 0 aliphatic heterocycles. The highest BCUT2D eigenvalue weighted by Gasteiger charge is 2.15. The van der Waals surface area contributed by atoms with Crippen LogP contribution in [0.2, 0.25) is 0 Å². The third kappa shape index (κ3) is 3.89. The molecule has 5 N–H and O–H groups in total. The molecule has 0 bridgehead atoms. The number of nitrogens with zero attached hydrogens (tertiary/aromatic N) is 3. The number of benzene rings is 1. The van der Waals surface area contributed by atoms with E-state index in [9.17, 15) is 0 Å². The van der Waals surface area contributed by atoms with Crippen LogP contribution in [0.5, 0.6) is 0 Å². The fraction of sp³-hybridized carbons (Fsp3) is 0.261. The first-order valence-electron chi connectivity index (χ1n) is 10.5. The summed E-state index contributed by atoms with van der Waals surface area (Å²) in [6.45, 7) is 0. The van der Waals surface area contributed by atoms with Gasteiger partial charge in [0.1, 0.15) is 5.76 Å². The fourth-order valence-electron chi connectivity index (χ4n) is 3.99. The number of pyridine rings is 1. The Balaban J connectivity index is 0.000000250. The number of aromatic nitrogens is 5. The second kappa shape index (κ2) is 8.23. The van der Waals surface area contributed by atoms with Gasteiger partial charge in [-0.1, -0.05) is 19.3 Å². The molecule has 5 aromatic rings. The number of aliphatic hydroxyl groups excluding tert-OH is 1. The van der Waals surface area contributed by atoms with Gasteiger partial charge in [-0.3, -0.25) is 10.2 Å². The van der Waals surface area contributed by atoms with Gasteiger partial charge < -0.3 is 15.3 Å². The minimum absolute atomic E-state index is 0.0359. The number of H-pyrrole nitrogens is 2. The highest BCUT2D eigenvalue weighted by atomic mass is 16.3. The number of anilines is 1. The van der Waals surface area contributed by atoms with Crippen molar-refractivity contribution in [1.29, 1.82) is 0 Å². The van der Waals surface area contributed by atoms with Crippen LogP contribution in [-0.2, 0) is 0 Å². The van der Waals surface area contributed by atoms with Crippen molar-refractivity contribution < 1.29 is 9.52 Å². The molecule has 1 saturated carbocycles. The van der Waals surface area contributed by atoms with E-state index in [1.807, 2.05) is 30.5 Å². The van der Waals surface area contributed by atoms with Gasteiger partial charge in [0.05, 0.1) is 24.0 Å². The van der Waals surface area contributed by atoms with Gasteiger partial charge in [-0.25, -0.2) is 4.98 Å². The van der Waals surface area contributed by atoms with Crippen molar-refractivity contribution in [3.05, 3.63) is 49.1 Å². The van der Waals surface area contributed by atoms with E-state index in [1.165, 1.54) is 19.3 Å². The summed E-state index contributed by atoms with van der Waals surface area (Å²) in [5, 5.41) is 24.6. The Morgan fingerprint density at radius 1 is 1.00 bits per heavy atom. The lowest BCUT2D eigenvalue weighted by atomic mass is 9.98. The first-order valence-corrected chi connectivity index (χ1v) is 10.5. The van der Waals surface area contributed by atoms with E-state index in [1.54, 1.807) is 18.6 Å². The maximum Gasteiger partial charge on any atom is 0.177 e. The molecule has 31 heavy (non-hydrogen) atoms. The summed E-state index contributed by atoms with van der Waals surface area (Å²) >= 11 is 0. The third-order valence-corrected chi connectivity index (χ3v) is 5.70. The van der Waals surface area contributed by atoms with Crippen LogP contribution in [0.1, 0.15) is 32.1 Å². The Morgan fingerprint density at radius 3 is 2.61 bits per heavy atom. The predicted octanol–water partition coefficient (Wildman–Crippen LogP) is 4.65. The Hall–Kier alpha value is -3.65. The van der Waals surface area contributed by atoms with E-state index in [0.717, 1.165) is 51.6 Å². The van der Waals surface area contributed by atoms with E-state index in [4.69, 9.17) is 15.3 Å². The van der Waals surface area contributed by atoms with Gasteiger partial charge in [-0.2, -0.15) is 10.2 Å². The number of hydrogen-bond acceptors (Lipinski definition) is 6. The monoisotopic (exact) mass is 416 g/mol. The van der Waals surface area contributed by atoms with E-state index in [0.29, 0.717) is 11.4 Å². The average molecular weight is 416 g/mol. The Bertz CT molecular complexity index is 1300. The third-order valence-electron chi connectivity index (χ3n) is 5.70. The zero-order chi connectivity index (χ0) is 21.2. The molecule has 6 rings (SSSR count). The molecule has 4 heterocycles. The maximum atomic E-state index is 8.91. The number of rotatable bonds is 2. The highest BCUT2D eigenvalue weighted by Crippen LogP contribution is 2.36. The molecule has 0 radical (unpaired) electrons. The Kier molecular flexibility index (Phi) is 5.13. The summed E-state index contributed by atoms with van der Waals surface area (Å²) in [5.74, 6) is 1.10. The van der Waals surface area contributed by atoms with Gasteiger partial charge in [0, 0.05) is 39.9 Å². The van der Waals surface area contributed by atoms with E-state index < -0.39 is 0 Å². The molecule has 0 unspecified atom stereocenters. The second-order valence-electron chi connectivity index (χ2n) is 7.86. The summed E-state index contributed by atoms with van der Waals surface area (Å²) in [5.41, 5.74) is 10.4. The molecule has 1 aliphatic carbocycles. The van der Waals surface area contributed by atoms with Crippen molar-refractivity contribution in [2.24, 2.45) is 0 Å². The molecule has 8 nitrogen and oxygen atoms in total. The fourth-order valence-corrected chi connectivity index (χ4v) is 3.99. The summed E-state index contributed by atoms with van der Waals surface area (Å²) in [6, 6.07) is 7.97. The molecule has 4 aromatic heterocycles. The zero-order valence-electron chi connectivity index (χ0n) is 17.0. The van der Waals surface area contributed by atoms with Gasteiger partial charge in [0.15, 0.2) is 11.4 Å². The van der Waals surface area contributed by atoms with Crippen LogP contribution in [0.15, 0.2) is 53.5 Å². The van der Waals surface area contributed by atoms with Crippen molar-refractivity contribution in [3.8, 4) is 22.5 Å². The quantitative estimate of drug-likeness (QED) is 0.331. The lowest BCUT2D eigenvalue weighted by molar-refractivity contribution is 0.130. The second-order valence-corrected chi connectivity index (χ2v) is 7.86. The van der Waals surface area contributed by atoms with Crippen molar-refractivity contribution in [1.82, 2.24) is 25.4 Å². The van der Waals surface area contributed by atoms with Crippen molar-refractivity contribution in [2.45, 2.75) is 38.2 Å². The van der Waals surface area contributed by atoms with Crippen LogP contribution >= 0.6 is 0 Å². The minimum Gasteiger partial charge on any atom is -0.452 e. The first-order chi connectivity index (χ1) is 15.2. The molecule has 0 spiro atoms. The van der Waals surface area contributed by atoms with Crippen molar-refractivity contribution in [2.75, 3.05) is 5.73 Å². The van der Waals surface area contributed by atoms with Gasteiger partial charge >= 0.3 is 0 Å². The number of fused-ring (bicyclic) bond motifs is 2. The topological polar surface area (TPSA) is 130 Å². The largest absolute Gasteiger partial charge is 0.452 e. The molecular formula is C23H24N6O2. The molecule has 1 fully saturated rings. The number of furan rings is 1. The van der Waals surface area contributed by atoms with Gasteiger partial charge in [-0.05, 0) is 37.1 Å². The molecule has 158 valence electrons. The summed E-state index contributed by atoms with van der Waals surface area (Å²) < 4.78 is 6.00. The van der Waals surface area contributed by atoms with Gasteiger partial charge in [0.2, 0.25) is 0 Å². The zero-order valence-corrected chi connectivity index (χ0v) is 17.0. The lowest BCUT2D eigenvalue weighted by Gasteiger charge is -2.14. The first kappa shape index (κ1) is 19.3. The van der Waals surface area contributed by atoms with Gasteiger partial charge in [0.25, 0.3) is 0 Å². The van der Waals surface area contributed by atoms with E-state index in [-0.39, 0.29) is 6.10 Å². The van der Waals surface area contributed by atoms with Crippen LogP contribution in [-0.4, -0.2) is 36.6 Å². The van der Waals surface area contributed by atoms with Gasteiger partial charge in [-0.15, -0.1) is 0 Å². The van der Waals surface area contributed by atoms with Crippen molar-refractivity contribution >= 4 is 27.7 Å². The van der Waals surface area contributed by atoms with E-state index >= 15 is 0 Å². The Morgan fingerprint density at radius 2 is 1.87 bits per heavy atom. The number of nitrogen functional groups attached to an aromatic ring is 1. The number of aromatic amines is 2. The predicted molar refractivity (Wildman–Crippen MR) is 120 cm³/mol. The highest BCUT2D eigenvalue weighted by molar-refractivity contribution is 6.00. The molecule has 0 amide bonds. The number of aliphatic hydroxyl groups is 1. The average Bonchev–Trinajstić information content (AvgIpc) is 3.55. The molecule has 0 atom stereocenters.